The molecule has 1 aromatic heterocycles. The first-order valence-corrected chi connectivity index (χ1v) is 9.17. The van der Waals surface area contributed by atoms with Gasteiger partial charge in [-0.1, -0.05) is 18.2 Å². The highest BCUT2D eigenvalue weighted by atomic mass is 16.5. The highest BCUT2D eigenvalue weighted by Crippen LogP contribution is 2.27. The molecule has 0 aromatic carbocycles. The number of allylic oxidation sites excluding steroid dienone is 3. The van der Waals surface area contributed by atoms with Crippen LogP contribution in [0.25, 0.3) is 0 Å². The van der Waals surface area contributed by atoms with Crippen LogP contribution in [0.1, 0.15) is 23.2 Å². The number of nitrogens with zero attached hydrogens (tertiary/aromatic N) is 5. The molecule has 0 bridgehead atoms. The van der Waals surface area contributed by atoms with Crippen molar-refractivity contribution >= 4 is 23.6 Å². The Kier molecular flexibility index (Phi) is 4.58. The Hall–Kier alpha value is -3.23. The molecule has 0 N–H and O–H groups in total. The Morgan fingerprint density at radius 2 is 1.96 bits per heavy atom. The van der Waals surface area contributed by atoms with Crippen LogP contribution in [0.3, 0.4) is 0 Å². The number of methoxy groups -OCH3 is 1. The average molecular weight is 383 g/mol. The number of carbonyl (C=O) groups is 3. The molecule has 1 saturated heterocycles. The first-order valence-electron chi connectivity index (χ1n) is 9.17. The van der Waals surface area contributed by atoms with Gasteiger partial charge in [-0.15, -0.1) is 5.10 Å². The molecule has 1 aliphatic carbocycles. The Morgan fingerprint density at radius 3 is 2.68 bits per heavy atom. The third kappa shape index (κ3) is 3.02. The minimum absolute atomic E-state index is 0.166. The number of aromatic nitrogens is 2. The largest absolute Gasteiger partial charge is 0.479 e. The van der Waals surface area contributed by atoms with Crippen molar-refractivity contribution in [3.8, 4) is 5.88 Å². The highest BCUT2D eigenvalue weighted by Gasteiger charge is 2.41. The molecular weight excluding hydrogens is 362 g/mol. The van der Waals surface area contributed by atoms with Crippen molar-refractivity contribution in [1.82, 2.24) is 19.6 Å². The van der Waals surface area contributed by atoms with Gasteiger partial charge in [-0.3, -0.25) is 19.2 Å². The van der Waals surface area contributed by atoms with Crippen molar-refractivity contribution in [2.24, 2.45) is 18.0 Å². The van der Waals surface area contributed by atoms with E-state index in [0.717, 1.165) is 0 Å². The molecule has 1 aromatic rings. The summed E-state index contributed by atoms with van der Waals surface area (Å²) in [5, 5.41) is 4.11. The predicted molar refractivity (Wildman–Crippen MR) is 100 cm³/mol. The molecule has 146 valence electrons. The van der Waals surface area contributed by atoms with Crippen LogP contribution < -0.4 is 4.74 Å². The zero-order valence-corrected chi connectivity index (χ0v) is 15.7. The van der Waals surface area contributed by atoms with Crippen molar-refractivity contribution in [2.45, 2.75) is 18.9 Å². The monoisotopic (exact) mass is 383 g/mol. The van der Waals surface area contributed by atoms with Crippen molar-refractivity contribution in [3.05, 3.63) is 36.1 Å². The van der Waals surface area contributed by atoms with Crippen LogP contribution in [0, 0.1) is 5.92 Å². The van der Waals surface area contributed by atoms with E-state index in [0.29, 0.717) is 37.2 Å². The fourth-order valence-corrected chi connectivity index (χ4v) is 3.85. The SMILES string of the molecule is COc1nn(C)cc1C(=O)N1CCC(N2C(=O)N=C3C=CC=CC3C2=O)CC1. The van der Waals surface area contributed by atoms with Crippen molar-refractivity contribution < 1.29 is 19.1 Å². The molecule has 0 radical (unpaired) electrons. The average Bonchev–Trinajstić information content (AvgIpc) is 3.09. The van der Waals surface area contributed by atoms with Gasteiger partial charge in [0, 0.05) is 32.4 Å². The minimum Gasteiger partial charge on any atom is -0.479 e. The quantitative estimate of drug-likeness (QED) is 0.781. The number of carbonyl (C=O) groups excluding carboxylic acids is 3. The Labute approximate surface area is 161 Å². The summed E-state index contributed by atoms with van der Waals surface area (Å²) in [5.41, 5.74) is 0.895. The number of aryl methyl sites for hydroxylation is 1. The summed E-state index contributed by atoms with van der Waals surface area (Å²) < 4.78 is 6.70. The van der Waals surface area contributed by atoms with Gasteiger partial charge in [0.25, 0.3) is 5.91 Å². The maximum atomic E-state index is 12.8. The van der Waals surface area contributed by atoms with E-state index in [1.165, 1.54) is 16.7 Å². The van der Waals surface area contributed by atoms with Gasteiger partial charge < -0.3 is 9.64 Å². The normalized spacial score (nSPS) is 22.4. The Morgan fingerprint density at radius 1 is 1.21 bits per heavy atom. The lowest BCUT2D eigenvalue weighted by atomic mass is 9.93. The van der Waals surface area contributed by atoms with Gasteiger partial charge in [0.1, 0.15) is 5.56 Å². The number of likely N-dealkylation sites (tertiary alicyclic amines) is 1. The molecule has 1 unspecified atom stereocenters. The van der Waals surface area contributed by atoms with Gasteiger partial charge in [0.2, 0.25) is 11.8 Å². The number of urea groups is 1. The van der Waals surface area contributed by atoms with Crippen LogP contribution in [0.15, 0.2) is 35.5 Å². The van der Waals surface area contributed by atoms with Gasteiger partial charge in [-0.2, -0.15) is 4.99 Å². The molecule has 9 nitrogen and oxygen atoms in total. The van der Waals surface area contributed by atoms with Crippen molar-refractivity contribution in [2.75, 3.05) is 20.2 Å². The molecule has 4 rings (SSSR count). The zero-order chi connectivity index (χ0) is 19.8. The molecule has 0 saturated carbocycles. The molecule has 4 amide bonds. The van der Waals surface area contributed by atoms with Gasteiger partial charge in [-0.25, -0.2) is 4.79 Å². The second-order valence-electron chi connectivity index (χ2n) is 7.00. The van der Waals surface area contributed by atoms with Crippen LogP contribution in [0.5, 0.6) is 5.88 Å². The van der Waals surface area contributed by atoms with Crippen molar-refractivity contribution in [1.29, 1.82) is 0 Å². The molecule has 3 aliphatic rings. The summed E-state index contributed by atoms with van der Waals surface area (Å²) in [5.74, 6) is -0.619. The fraction of sp³-hybridized carbons (Fsp3) is 0.421. The molecule has 2 aliphatic heterocycles. The number of hydrogen-bond donors (Lipinski definition) is 0. The summed E-state index contributed by atoms with van der Waals surface area (Å²) in [7, 11) is 3.20. The first-order chi connectivity index (χ1) is 13.5. The topological polar surface area (TPSA) is 97.1 Å². The summed E-state index contributed by atoms with van der Waals surface area (Å²) in [6.07, 6.45) is 9.67. The number of hydrogen-bond acceptors (Lipinski definition) is 5. The zero-order valence-electron chi connectivity index (χ0n) is 15.7. The number of ether oxygens (including phenoxy) is 1. The predicted octanol–water partition coefficient (Wildman–Crippen LogP) is 1.18. The van der Waals surface area contributed by atoms with Gasteiger partial charge in [0.05, 0.1) is 18.7 Å². The molecule has 9 heteroatoms. The van der Waals surface area contributed by atoms with Gasteiger partial charge in [-0.05, 0) is 18.9 Å². The van der Waals surface area contributed by atoms with Crippen LogP contribution in [0.2, 0.25) is 0 Å². The number of fused-ring (bicyclic) bond motifs is 1. The first kappa shape index (κ1) is 18.1. The summed E-state index contributed by atoms with van der Waals surface area (Å²) in [6.45, 7) is 0.880. The number of rotatable bonds is 3. The maximum Gasteiger partial charge on any atom is 0.350 e. The molecular formula is C19H21N5O4. The number of amides is 4. The van der Waals surface area contributed by atoms with E-state index < -0.39 is 11.9 Å². The highest BCUT2D eigenvalue weighted by molar-refractivity contribution is 6.21. The fourth-order valence-electron chi connectivity index (χ4n) is 3.85. The van der Waals surface area contributed by atoms with E-state index in [1.807, 2.05) is 0 Å². The standard InChI is InChI=1S/C19H21N5O4/c1-22-11-14(16(21-22)28-2)17(25)23-9-7-12(8-10-23)24-18(26)13-5-3-4-6-15(13)20-19(24)27/h3-6,11-13H,7-10H2,1-2H3. The Bertz CT molecular complexity index is 921. The number of imide groups is 1. The van der Waals surface area contributed by atoms with E-state index in [-0.39, 0.29) is 23.7 Å². The molecule has 0 spiro atoms. The smallest absolute Gasteiger partial charge is 0.350 e. The van der Waals surface area contributed by atoms with E-state index in [2.05, 4.69) is 10.1 Å². The maximum absolute atomic E-state index is 12.8. The van der Waals surface area contributed by atoms with Crippen LogP contribution >= 0.6 is 0 Å². The van der Waals surface area contributed by atoms with Crippen LogP contribution in [0.4, 0.5) is 4.79 Å². The van der Waals surface area contributed by atoms with E-state index in [9.17, 15) is 14.4 Å². The van der Waals surface area contributed by atoms with Crippen LogP contribution in [-0.4, -0.2) is 69.4 Å². The van der Waals surface area contributed by atoms with E-state index in [1.54, 1.807) is 42.4 Å². The second kappa shape index (κ2) is 7.06. The lowest BCUT2D eigenvalue weighted by molar-refractivity contribution is -0.131. The van der Waals surface area contributed by atoms with Gasteiger partial charge in [0.15, 0.2) is 0 Å². The summed E-state index contributed by atoms with van der Waals surface area (Å²) in [6, 6.07) is -0.778. The van der Waals surface area contributed by atoms with E-state index >= 15 is 0 Å². The molecule has 1 fully saturated rings. The van der Waals surface area contributed by atoms with E-state index in [4.69, 9.17) is 4.74 Å². The molecule has 28 heavy (non-hydrogen) atoms. The minimum atomic E-state index is -0.519. The number of aliphatic imine (C=N–C) groups is 1. The molecule has 3 heterocycles. The Balaban J connectivity index is 1.45. The van der Waals surface area contributed by atoms with Gasteiger partial charge >= 0.3 is 6.03 Å². The second-order valence-corrected chi connectivity index (χ2v) is 7.00. The lowest BCUT2D eigenvalue weighted by Gasteiger charge is -2.39. The lowest BCUT2D eigenvalue weighted by Crippen LogP contribution is -2.54. The third-order valence-electron chi connectivity index (χ3n) is 5.27. The molecule has 1 atom stereocenters. The van der Waals surface area contributed by atoms with Crippen LogP contribution in [-0.2, 0) is 11.8 Å². The third-order valence-corrected chi connectivity index (χ3v) is 5.27. The number of piperidine rings is 1. The summed E-state index contributed by atoms with van der Waals surface area (Å²) >= 11 is 0. The van der Waals surface area contributed by atoms with Crippen molar-refractivity contribution in [3.63, 3.8) is 0 Å². The summed E-state index contributed by atoms with van der Waals surface area (Å²) in [4.78, 5) is 45.1.